The van der Waals surface area contributed by atoms with Gasteiger partial charge in [-0.1, -0.05) is 18.2 Å². The van der Waals surface area contributed by atoms with Crippen LogP contribution in [0.1, 0.15) is 24.0 Å². The minimum atomic E-state index is -3.10. The van der Waals surface area contributed by atoms with Crippen LogP contribution in [0.15, 0.2) is 47.4 Å². The van der Waals surface area contributed by atoms with Crippen LogP contribution < -0.4 is 9.64 Å². The average molecular weight is 427 g/mol. The van der Waals surface area contributed by atoms with E-state index in [0.29, 0.717) is 17.9 Å². The molecular formula is C23H26N2O4S. The number of rotatable bonds is 4. The van der Waals surface area contributed by atoms with Crippen LogP contribution in [-0.4, -0.2) is 58.3 Å². The predicted molar refractivity (Wildman–Crippen MR) is 115 cm³/mol. The standard InChI is InChI=1S/C23H26N2O4S/c1-24-20-5-3-2-4-19(20)23(22(24)26)9-11-25(12-10-23)13-14-29-18-6-7-21-17(16-18)8-15-30(21,27)28/h2-7,16H,8-15H2,1H3. The molecule has 0 aliphatic carbocycles. The van der Waals surface area contributed by atoms with Crippen molar-refractivity contribution in [3.05, 3.63) is 53.6 Å². The highest BCUT2D eigenvalue weighted by Crippen LogP contribution is 2.47. The number of likely N-dealkylation sites (N-methyl/N-ethyl adjacent to an activating group) is 1. The van der Waals surface area contributed by atoms with E-state index < -0.39 is 9.84 Å². The molecule has 158 valence electrons. The molecule has 1 spiro atoms. The van der Waals surface area contributed by atoms with Crippen molar-refractivity contribution in [2.24, 2.45) is 0 Å². The van der Waals surface area contributed by atoms with E-state index in [1.165, 1.54) is 5.56 Å². The fraction of sp³-hybridized carbons (Fsp3) is 0.435. The monoisotopic (exact) mass is 426 g/mol. The van der Waals surface area contributed by atoms with Gasteiger partial charge in [0.05, 0.1) is 16.1 Å². The van der Waals surface area contributed by atoms with Crippen LogP contribution in [0.25, 0.3) is 0 Å². The van der Waals surface area contributed by atoms with Crippen molar-refractivity contribution in [2.45, 2.75) is 29.6 Å². The third-order valence-corrected chi connectivity index (χ3v) is 8.70. The summed E-state index contributed by atoms with van der Waals surface area (Å²) in [6, 6.07) is 13.4. The number of ether oxygens (including phenoxy) is 1. The van der Waals surface area contributed by atoms with Gasteiger partial charge in [0, 0.05) is 19.3 Å². The number of fused-ring (bicyclic) bond motifs is 3. The first-order chi connectivity index (χ1) is 14.4. The molecule has 0 N–H and O–H groups in total. The van der Waals surface area contributed by atoms with Crippen molar-refractivity contribution in [2.75, 3.05) is 43.9 Å². The molecule has 1 saturated heterocycles. The van der Waals surface area contributed by atoms with Gasteiger partial charge in [0.2, 0.25) is 5.91 Å². The summed E-state index contributed by atoms with van der Waals surface area (Å²) < 4.78 is 29.8. The summed E-state index contributed by atoms with van der Waals surface area (Å²) in [6.07, 6.45) is 2.21. The normalized spacial score (nSPS) is 21.6. The number of nitrogens with zero attached hydrogens (tertiary/aromatic N) is 2. The van der Waals surface area contributed by atoms with Crippen molar-refractivity contribution in [1.29, 1.82) is 0 Å². The Labute approximate surface area is 177 Å². The van der Waals surface area contributed by atoms with Gasteiger partial charge in [0.15, 0.2) is 9.84 Å². The zero-order valence-corrected chi connectivity index (χ0v) is 18.0. The number of carbonyl (C=O) groups excluding carboxylic acids is 1. The van der Waals surface area contributed by atoms with Gasteiger partial charge < -0.3 is 9.64 Å². The highest BCUT2D eigenvalue weighted by Gasteiger charge is 2.50. The molecule has 3 aliphatic rings. The molecule has 5 rings (SSSR count). The van der Waals surface area contributed by atoms with Crippen LogP contribution in [0.5, 0.6) is 5.75 Å². The number of anilines is 1. The van der Waals surface area contributed by atoms with Crippen molar-refractivity contribution < 1.29 is 17.9 Å². The van der Waals surface area contributed by atoms with Gasteiger partial charge in [0.25, 0.3) is 0 Å². The zero-order valence-electron chi connectivity index (χ0n) is 17.1. The van der Waals surface area contributed by atoms with E-state index in [-0.39, 0.29) is 17.1 Å². The summed E-state index contributed by atoms with van der Waals surface area (Å²) in [7, 11) is -1.22. The van der Waals surface area contributed by atoms with E-state index >= 15 is 0 Å². The summed E-state index contributed by atoms with van der Waals surface area (Å²) in [5, 5.41) is 0. The Morgan fingerprint density at radius 3 is 2.67 bits per heavy atom. The Hall–Kier alpha value is -2.38. The van der Waals surface area contributed by atoms with Crippen LogP contribution in [0.4, 0.5) is 5.69 Å². The maximum absolute atomic E-state index is 13.0. The minimum absolute atomic E-state index is 0.193. The molecule has 3 heterocycles. The number of hydrogen-bond donors (Lipinski definition) is 0. The van der Waals surface area contributed by atoms with Gasteiger partial charge in [-0.2, -0.15) is 0 Å². The van der Waals surface area contributed by atoms with E-state index in [0.717, 1.165) is 49.5 Å². The van der Waals surface area contributed by atoms with Gasteiger partial charge >= 0.3 is 0 Å². The maximum atomic E-state index is 13.0. The van der Waals surface area contributed by atoms with Gasteiger partial charge in [-0.25, -0.2) is 8.42 Å². The molecule has 0 aromatic heterocycles. The van der Waals surface area contributed by atoms with Crippen molar-refractivity contribution >= 4 is 21.4 Å². The van der Waals surface area contributed by atoms with E-state index in [9.17, 15) is 13.2 Å². The number of benzene rings is 2. The molecule has 30 heavy (non-hydrogen) atoms. The number of para-hydroxylation sites is 1. The summed E-state index contributed by atoms with van der Waals surface area (Å²) in [6.45, 7) is 3.06. The molecule has 0 bridgehead atoms. The lowest BCUT2D eigenvalue weighted by Gasteiger charge is -2.38. The highest BCUT2D eigenvalue weighted by atomic mass is 32.2. The fourth-order valence-electron chi connectivity index (χ4n) is 5.15. The average Bonchev–Trinajstić information content (AvgIpc) is 3.17. The van der Waals surface area contributed by atoms with Crippen molar-refractivity contribution in [1.82, 2.24) is 4.90 Å². The molecular weight excluding hydrogens is 400 g/mol. The Bertz CT molecular complexity index is 1100. The number of carbonyl (C=O) groups is 1. The number of amides is 1. The van der Waals surface area contributed by atoms with Gasteiger partial charge in [0.1, 0.15) is 12.4 Å². The van der Waals surface area contributed by atoms with E-state index in [4.69, 9.17) is 4.74 Å². The molecule has 6 nitrogen and oxygen atoms in total. The molecule has 0 saturated carbocycles. The lowest BCUT2D eigenvalue weighted by molar-refractivity contribution is -0.124. The first-order valence-corrected chi connectivity index (χ1v) is 12.1. The van der Waals surface area contributed by atoms with Crippen LogP contribution in [0.3, 0.4) is 0 Å². The minimum Gasteiger partial charge on any atom is -0.492 e. The molecule has 7 heteroatoms. The Morgan fingerprint density at radius 1 is 1.10 bits per heavy atom. The molecule has 1 amide bonds. The third-order valence-electron chi connectivity index (χ3n) is 6.89. The van der Waals surface area contributed by atoms with E-state index in [2.05, 4.69) is 11.0 Å². The Morgan fingerprint density at radius 2 is 1.87 bits per heavy atom. The van der Waals surface area contributed by atoms with Crippen LogP contribution in [-0.2, 0) is 26.5 Å². The zero-order chi connectivity index (χ0) is 20.9. The number of hydrogen-bond acceptors (Lipinski definition) is 5. The summed E-state index contributed by atoms with van der Waals surface area (Å²) in [4.78, 5) is 17.6. The Balaban J connectivity index is 1.19. The van der Waals surface area contributed by atoms with Crippen molar-refractivity contribution in [3.8, 4) is 5.75 Å². The number of likely N-dealkylation sites (tertiary alicyclic amines) is 1. The second kappa shape index (κ2) is 7.10. The lowest BCUT2D eigenvalue weighted by Crippen LogP contribution is -2.48. The van der Waals surface area contributed by atoms with Crippen LogP contribution in [0.2, 0.25) is 0 Å². The fourth-order valence-corrected chi connectivity index (χ4v) is 6.69. The lowest BCUT2D eigenvalue weighted by atomic mass is 9.73. The molecule has 2 aromatic rings. The Kier molecular flexibility index (Phi) is 4.63. The molecule has 0 unspecified atom stereocenters. The topological polar surface area (TPSA) is 66.9 Å². The molecule has 2 aromatic carbocycles. The number of aryl methyl sites for hydroxylation is 1. The largest absolute Gasteiger partial charge is 0.492 e. The predicted octanol–water partition coefficient (Wildman–Crippen LogP) is 2.41. The van der Waals surface area contributed by atoms with Gasteiger partial charge in [-0.15, -0.1) is 0 Å². The van der Waals surface area contributed by atoms with Crippen molar-refractivity contribution in [3.63, 3.8) is 0 Å². The van der Waals surface area contributed by atoms with Gasteiger partial charge in [-0.3, -0.25) is 9.69 Å². The number of piperidine rings is 1. The molecule has 0 atom stereocenters. The van der Waals surface area contributed by atoms with Gasteiger partial charge in [-0.05, 0) is 67.7 Å². The second-order valence-electron chi connectivity index (χ2n) is 8.49. The van der Waals surface area contributed by atoms with E-state index in [1.807, 2.05) is 36.2 Å². The quantitative estimate of drug-likeness (QED) is 0.751. The third kappa shape index (κ3) is 3.03. The summed E-state index contributed by atoms with van der Waals surface area (Å²) in [5.74, 6) is 1.13. The molecule has 1 fully saturated rings. The number of sulfone groups is 1. The van der Waals surface area contributed by atoms with E-state index in [1.54, 1.807) is 12.1 Å². The first kappa shape index (κ1) is 19.6. The van der Waals surface area contributed by atoms with Crippen LogP contribution in [0, 0.1) is 0 Å². The summed E-state index contributed by atoms with van der Waals surface area (Å²) in [5.41, 5.74) is 2.68. The molecule has 3 aliphatic heterocycles. The highest BCUT2D eigenvalue weighted by molar-refractivity contribution is 7.91. The molecule has 0 radical (unpaired) electrons. The maximum Gasteiger partial charge on any atom is 0.237 e. The first-order valence-electron chi connectivity index (χ1n) is 10.5. The second-order valence-corrected chi connectivity index (χ2v) is 10.6. The SMILES string of the molecule is CN1C(=O)C2(CCN(CCOc3ccc4c(c3)CCS4(=O)=O)CC2)c2ccccc21. The van der Waals surface area contributed by atoms with Crippen LogP contribution >= 0.6 is 0 Å². The smallest absolute Gasteiger partial charge is 0.237 e. The summed E-state index contributed by atoms with van der Waals surface area (Å²) >= 11 is 0.